The zero-order chi connectivity index (χ0) is 62.4. The molecular formula is C84H150N2Pd. The molecule has 0 saturated heterocycles. The zero-order valence-corrected chi connectivity index (χ0v) is 61.4. The van der Waals surface area contributed by atoms with Gasteiger partial charge in [0.25, 0.3) is 0 Å². The average molecular weight is 1290 g/mol. The molecule has 0 amide bonds. The summed E-state index contributed by atoms with van der Waals surface area (Å²) < 4.78 is 1.58. The number of unbranched alkanes of at least 4 members (excludes halogenated alkanes) is 47. The molecule has 2 nitrogen and oxygen atoms in total. The van der Waals surface area contributed by atoms with E-state index < -0.39 is 0 Å². The minimum absolute atomic E-state index is 0. The van der Waals surface area contributed by atoms with Crippen molar-refractivity contribution in [3.05, 3.63) is 101 Å². The number of allylic oxidation sites excluding steroid dienone is 2. The van der Waals surface area contributed by atoms with E-state index in [9.17, 15) is 5.53 Å². The summed E-state index contributed by atoms with van der Waals surface area (Å²) in [6.07, 6.45) is 82.1. The standard InChI is InChI=1S/C46H72N2.2C19H39.Pd/c1-6-11-16-19-21-23-28-40-31-38(26-14-9-4)33-43(34-40)45-37-42(30-25-18-13-8-3)46(48(45)47)44-35-39(27-15-10-5)32-41(36-44)29-24-22-20-17-12-7-2;2*1-3-5-7-9-11-13-15-17-19-18-16-14-12-10-8-6-4-2;/h31-37H,6-30H2,1-5H3;2*1,3-19H2,2H3;/q;2*-1;+2. The third kappa shape index (κ3) is 48.6. The van der Waals surface area contributed by atoms with Crippen molar-refractivity contribution in [3.63, 3.8) is 0 Å². The molecule has 1 aliphatic rings. The first-order valence-electron chi connectivity index (χ1n) is 39.2. The summed E-state index contributed by atoms with van der Waals surface area (Å²) in [5.41, 5.74) is 23.6. The molecule has 1 heterocycles. The topological polar surface area (TPSA) is 25.3 Å². The average Bonchev–Trinajstić information content (AvgIpc) is 1.82. The molecule has 0 unspecified atom stereocenters. The number of hydrogen-bond acceptors (Lipinski definition) is 0. The fourth-order valence-electron chi connectivity index (χ4n) is 12.8. The van der Waals surface area contributed by atoms with Crippen LogP contribution in [0.25, 0.3) is 16.9 Å². The van der Waals surface area contributed by atoms with Crippen LogP contribution in [0, 0.1) is 13.8 Å². The number of rotatable bonds is 59. The molecular weight excluding hydrogens is 1140 g/mol. The fourth-order valence-corrected chi connectivity index (χ4v) is 12.8. The molecule has 0 saturated carbocycles. The molecule has 0 spiro atoms. The predicted molar refractivity (Wildman–Crippen MR) is 391 cm³/mol. The molecule has 506 valence electrons. The van der Waals surface area contributed by atoms with E-state index in [4.69, 9.17) is 0 Å². The number of nitrogens with zero attached hydrogens (tertiary/aromatic N) is 2. The van der Waals surface area contributed by atoms with Crippen LogP contribution in [0.1, 0.15) is 435 Å². The van der Waals surface area contributed by atoms with E-state index in [1.165, 1.54) is 373 Å². The molecule has 0 aliphatic carbocycles. The van der Waals surface area contributed by atoms with Gasteiger partial charge in [0.2, 0.25) is 11.4 Å². The molecule has 0 atom stereocenters. The summed E-state index contributed by atoms with van der Waals surface area (Å²) in [7, 11) is 0. The van der Waals surface area contributed by atoms with E-state index in [2.05, 4.69) is 105 Å². The van der Waals surface area contributed by atoms with Gasteiger partial charge in [0, 0.05) is 22.8 Å². The Morgan fingerprint density at radius 1 is 0.264 bits per heavy atom. The quantitative estimate of drug-likeness (QED) is 0.0273. The van der Waals surface area contributed by atoms with Crippen LogP contribution in [0.4, 0.5) is 0 Å². The van der Waals surface area contributed by atoms with E-state index in [1.807, 2.05) is 0 Å². The van der Waals surface area contributed by atoms with Gasteiger partial charge in [0.05, 0.1) is 0 Å². The molecule has 0 aromatic heterocycles. The van der Waals surface area contributed by atoms with Gasteiger partial charge in [0.15, 0.2) is 0 Å². The van der Waals surface area contributed by atoms with Crippen molar-refractivity contribution in [3.8, 4) is 0 Å². The van der Waals surface area contributed by atoms with Gasteiger partial charge in [-0.2, -0.15) is 12.8 Å². The molecule has 3 heteroatoms. The number of benzene rings is 2. The van der Waals surface area contributed by atoms with Crippen LogP contribution < -0.4 is 0 Å². The van der Waals surface area contributed by atoms with E-state index in [-0.39, 0.29) is 20.4 Å². The van der Waals surface area contributed by atoms with Crippen molar-refractivity contribution in [1.82, 2.24) is 0 Å². The Kier molecular flexibility index (Phi) is 64.3. The first kappa shape index (κ1) is 85.2. The fraction of sp³-hybridized carbons (Fsp3) is 0.786. The van der Waals surface area contributed by atoms with Gasteiger partial charge in [-0.1, -0.05) is 362 Å². The van der Waals surface area contributed by atoms with Gasteiger partial charge in [-0.05, 0) is 111 Å². The maximum absolute atomic E-state index is 12.1. The molecule has 0 N–H and O–H groups in total. The van der Waals surface area contributed by atoms with E-state index >= 15 is 0 Å². The van der Waals surface area contributed by atoms with Crippen molar-refractivity contribution >= 4 is 11.4 Å². The van der Waals surface area contributed by atoms with Crippen molar-refractivity contribution in [2.75, 3.05) is 0 Å². The molecule has 2 aromatic carbocycles. The van der Waals surface area contributed by atoms with Crippen LogP contribution in [0.2, 0.25) is 0 Å². The second kappa shape index (κ2) is 65.7. The van der Waals surface area contributed by atoms with Crippen LogP contribution in [-0.2, 0) is 46.1 Å². The van der Waals surface area contributed by atoms with E-state index in [0.29, 0.717) is 0 Å². The molecule has 1 aliphatic heterocycles. The summed E-state index contributed by atoms with van der Waals surface area (Å²) in [4.78, 5) is 0. The summed E-state index contributed by atoms with van der Waals surface area (Å²) in [5.74, 6) is 0. The van der Waals surface area contributed by atoms with Gasteiger partial charge < -0.3 is 19.4 Å². The number of aryl methyl sites for hydroxylation is 4. The second-order valence-corrected chi connectivity index (χ2v) is 27.2. The second-order valence-electron chi connectivity index (χ2n) is 27.2. The van der Waals surface area contributed by atoms with E-state index in [1.54, 1.807) is 4.70 Å². The van der Waals surface area contributed by atoms with Crippen LogP contribution in [0.5, 0.6) is 0 Å². The maximum Gasteiger partial charge on any atom is 2.00 e. The molecule has 0 fully saturated rings. The van der Waals surface area contributed by atoms with Crippen molar-refractivity contribution in [2.45, 2.75) is 427 Å². The van der Waals surface area contributed by atoms with Crippen LogP contribution in [-0.4, -0.2) is 4.70 Å². The van der Waals surface area contributed by atoms with Crippen molar-refractivity contribution in [2.24, 2.45) is 0 Å². The third-order valence-electron chi connectivity index (χ3n) is 18.5. The van der Waals surface area contributed by atoms with Gasteiger partial charge in [-0.25, -0.2) is 4.70 Å². The normalized spacial score (nSPS) is 12.1. The van der Waals surface area contributed by atoms with Crippen LogP contribution >= 0.6 is 0 Å². The SMILES string of the molecule is CCCCCCCCc1cc(CCCC)cc(C2=CC(CCCCCC)=C(c3cc(CCCC)cc(CCCCCCCC)c3)[N+]2=[N-])c1.[CH2-]CCCCCCCCCCCCCCCCCC.[CH2-]CCCCCCCCCCCCCCCCCC.[Pd+2]. The molecule has 87 heavy (non-hydrogen) atoms. The zero-order valence-electron chi connectivity index (χ0n) is 59.9. The maximum atomic E-state index is 12.1. The third-order valence-corrected chi connectivity index (χ3v) is 18.5. The monoisotopic (exact) mass is 1290 g/mol. The van der Waals surface area contributed by atoms with Gasteiger partial charge in [-0.15, -0.1) is 0 Å². The first-order valence-corrected chi connectivity index (χ1v) is 39.2. The molecule has 0 radical (unpaired) electrons. The minimum Gasteiger partial charge on any atom is -0.493 e. The molecule has 3 rings (SSSR count). The van der Waals surface area contributed by atoms with Crippen LogP contribution in [0.3, 0.4) is 0 Å². The summed E-state index contributed by atoms with van der Waals surface area (Å²) in [6, 6.07) is 14.5. The Hall–Kier alpha value is -1.82. The van der Waals surface area contributed by atoms with Gasteiger partial charge in [-0.3, -0.25) is 0 Å². The predicted octanol–water partition coefficient (Wildman–Crippen LogP) is 29.9. The Morgan fingerprint density at radius 3 is 0.759 bits per heavy atom. The molecule has 2 aromatic rings. The van der Waals surface area contributed by atoms with E-state index in [0.717, 1.165) is 56.3 Å². The Labute approximate surface area is 561 Å². The first-order chi connectivity index (χ1) is 42.4. The largest absolute Gasteiger partial charge is 2.00 e. The number of hydrogen-bond donors (Lipinski definition) is 0. The van der Waals surface area contributed by atoms with Crippen LogP contribution in [0.15, 0.2) is 48.0 Å². The van der Waals surface area contributed by atoms with Crippen molar-refractivity contribution in [1.29, 1.82) is 0 Å². The smallest absolute Gasteiger partial charge is 0.493 e. The summed E-state index contributed by atoms with van der Waals surface area (Å²) in [5, 5.41) is 0. The van der Waals surface area contributed by atoms with Gasteiger partial charge >= 0.3 is 20.4 Å². The Bertz CT molecular complexity index is 1790. The van der Waals surface area contributed by atoms with Crippen molar-refractivity contribution < 1.29 is 25.1 Å². The Balaban J connectivity index is 0.00000156. The molecule has 0 bridgehead atoms. The minimum atomic E-state index is 0. The van der Waals surface area contributed by atoms with Gasteiger partial charge in [0.1, 0.15) is 0 Å². The summed E-state index contributed by atoms with van der Waals surface area (Å²) in [6.45, 7) is 23.8. The summed E-state index contributed by atoms with van der Waals surface area (Å²) >= 11 is 0. The Morgan fingerprint density at radius 2 is 0.483 bits per heavy atom.